The SMILES string of the molecule is OC1CCC12CCN(c1ncc(-c3ccc4nc5n(c4c3)[C@@H](c3ccccc3)COC5)cn1)CC2. The van der Waals surface area contributed by atoms with Crippen LogP contribution in [0.25, 0.3) is 22.2 Å². The number of benzene rings is 2. The average Bonchev–Trinajstić information content (AvgIpc) is 3.31. The molecule has 35 heavy (non-hydrogen) atoms. The van der Waals surface area contributed by atoms with E-state index in [4.69, 9.17) is 19.7 Å². The fourth-order valence-corrected chi connectivity index (χ4v) is 6.08. The van der Waals surface area contributed by atoms with Crippen LogP contribution in [0.5, 0.6) is 0 Å². The number of hydrogen-bond donors (Lipinski definition) is 1. The highest BCUT2D eigenvalue weighted by Gasteiger charge is 2.47. The first-order chi connectivity index (χ1) is 17.2. The summed E-state index contributed by atoms with van der Waals surface area (Å²) in [5.41, 5.74) is 5.55. The third-order valence-electron chi connectivity index (χ3n) is 8.40. The van der Waals surface area contributed by atoms with Crippen LogP contribution >= 0.6 is 0 Å². The lowest BCUT2D eigenvalue weighted by Crippen LogP contribution is -2.52. The minimum absolute atomic E-state index is 0.107. The molecule has 3 aliphatic rings. The normalized spacial score (nSPS) is 23.3. The van der Waals surface area contributed by atoms with Crippen molar-refractivity contribution in [2.45, 2.75) is 44.4 Å². The van der Waals surface area contributed by atoms with E-state index in [0.29, 0.717) is 13.2 Å². The Bertz CT molecular complexity index is 1360. The Balaban J connectivity index is 1.17. The second-order valence-electron chi connectivity index (χ2n) is 10.2. The van der Waals surface area contributed by atoms with Gasteiger partial charge < -0.3 is 19.3 Å². The van der Waals surface area contributed by atoms with Crippen molar-refractivity contribution in [2.75, 3.05) is 24.6 Å². The first-order valence-corrected chi connectivity index (χ1v) is 12.6. The van der Waals surface area contributed by atoms with E-state index in [1.807, 2.05) is 18.5 Å². The highest BCUT2D eigenvalue weighted by molar-refractivity contribution is 5.83. The summed E-state index contributed by atoms with van der Waals surface area (Å²) in [4.78, 5) is 16.5. The van der Waals surface area contributed by atoms with Gasteiger partial charge in [0.05, 0.1) is 29.8 Å². The van der Waals surface area contributed by atoms with Crippen LogP contribution in [-0.4, -0.2) is 50.4 Å². The summed E-state index contributed by atoms with van der Waals surface area (Å²) in [6.07, 6.45) is 7.89. The van der Waals surface area contributed by atoms with Crippen molar-refractivity contribution in [3.8, 4) is 11.1 Å². The molecule has 2 aromatic heterocycles. The molecule has 0 amide bonds. The number of hydrogen-bond acceptors (Lipinski definition) is 6. The number of imidazole rings is 1. The summed E-state index contributed by atoms with van der Waals surface area (Å²) in [7, 11) is 0. The first-order valence-electron chi connectivity index (χ1n) is 12.6. The van der Waals surface area contributed by atoms with Crippen LogP contribution in [0, 0.1) is 5.41 Å². The maximum Gasteiger partial charge on any atom is 0.225 e. The van der Waals surface area contributed by atoms with Crippen LogP contribution in [0.15, 0.2) is 60.9 Å². The molecular weight excluding hydrogens is 438 g/mol. The molecule has 1 saturated carbocycles. The van der Waals surface area contributed by atoms with Gasteiger partial charge in [0.15, 0.2) is 0 Å². The van der Waals surface area contributed by atoms with Crippen molar-refractivity contribution < 1.29 is 9.84 Å². The molecule has 2 atom stereocenters. The molecule has 7 rings (SSSR count). The molecule has 7 nitrogen and oxygen atoms in total. The molecule has 178 valence electrons. The van der Waals surface area contributed by atoms with Gasteiger partial charge >= 0.3 is 0 Å². The number of rotatable bonds is 3. The second-order valence-corrected chi connectivity index (χ2v) is 10.2. The Hall–Kier alpha value is -3.29. The minimum Gasteiger partial charge on any atom is -0.393 e. The molecule has 2 aromatic carbocycles. The van der Waals surface area contributed by atoms with E-state index >= 15 is 0 Å². The zero-order chi connectivity index (χ0) is 23.4. The summed E-state index contributed by atoms with van der Waals surface area (Å²) in [6, 6.07) is 17.0. The monoisotopic (exact) mass is 467 g/mol. The predicted octanol–water partition coefficient (Wildman–Crippen LogP) is 4.35. The summed E-state index contributed by atoms with van der Waals surface area (Å²) >= 11 is 0. The van der Waals surface area contributed by atoms with Gasteiger partial charge in [-0.2, -0.15) is 0 Å². The molecule has 7 heteroatoms. The Kier molecular flexibility index (Phi) is 4.89. The van der Waals surface area contributed by atoms with Crippen LogP contribution in [0.2, 0.25) is 0 Å². The fraction of sp³-hybridized carbons (Fsp3) is 0.393. The van der Waals surface area contributed by atoms with E-state index in [-0.39, 0.29) is 17.6 Å². The summed E-state index contributed by atoms with van der Waals surface area (Å²) in [5, 5.41) is 10.2. The topological polar surface area (TPSA) is 76.3 Å². The lowest BCUT2D eigenvalue weighted by Gasteiger charge is -2.51. The molecule has 1 aliphatic carbocycles. The number of fused-ring (bicyclic) bond motifs is 3. The number of aromatic nitrogens is 4. The largest absolute Gasteiger partial charge is 0.393 e. The highest BCUT2D eigenvalue weighted by atomic mass is 16.5. The van der Waals surface area contributed by atoms with E-state index in [2.05, 4.69) is 51.9 Å². The second kappa shape index (κ2) is 8.14. The van der Waals surface area contributed by atoms with Crippen molar-refractivity contribution in [1.29, 1.82) is 0 Å². The van der Waals surface area contributed by atoms with Crippen molar-refractivity contribution >= 4 is 17.0 Å². The van der Waals surface area contributed by atoms with E-state index in [1.165, 1.54) is 5.56 Å². The summed E-state index contributed by atoms with van der Waals surface area (Å²) < 4.78 is 8.21. The quantitative estimate of drug-likeness (QED) is 0.483. The standard InChI is InChI=1S/C28H29N5O2/c34-25-8-9-28(25)10-12-32(13-11-28)27-29-15-21(16-30-27)20-6-7-22-23(14-20)33-24(17-35-18-26(33)31-22)19-4-2-1-3-5-19/h1-7,14-16,24-25,34H,8-13,17-18H2/t24-,25?/m1/s1. The third kappa shape index (κ3) is 3.45. The lowest BCUT2D eigenvalue weighted by molar-refractivity contribution is -0.0794. The van der Waals surface area contributed by atoms with E-state index < -0.39 is 0 Å². The van der Waals surface area contributed by atoms with Gasteiger partial charge in [0.25, 0.3) is 0 Å². The van der Waals surface area contributed by atoms with E-state index in [9.17, 15) is 5.11 Å². The average molecular weight is 468 g/mol. The number of aliphatic hydroxyl groups excluding tert-OH is 1. The van der Waals surface area contributed by atoms with Crippen LogP contribution in [0.1, 0.15) is 43.1 Å². The summed E-state index contributed by atoms with van der Waals surface area (Å²) in [6.45, 7) is 2.98. The molecule has 2 fully saturated rings. The highest BCUT2D eigenvalue weighted by Crippen LogP contribution is 2.49. The van der Waals surface area contributed by atoms with Crippen LogP contribution in [0.4, 0.5) is 5.95 Å². The maximum atomic E-state index is 10.2. The molecule has 4 heterocycles. The van der Waals surface area contributed by atoms with Crippen LogP contribution in [-0.2, 0) is 11.3 Å². The van der Waals surface area contributed by atoms with Gasteiger partial charge in [-0.15, -0.1) is 0 Å². The smallest absolute Gasteiger partial charge is 0.225 e. The van der Waals surface area contributed by atoms with E-state index in [0.717, 1.165) is 72.7 Å². The molecule has 4 aromatic rings. The van der Waals surface area contributed by atoms with Gasteiger partial charge in [-0.05, 0) is 54.4 Å². The van der Waals surface area contributed by atoms with Crippen LogP contribution < -0.4 is 4.90 Å². The fourth-order valence-electron chi connectivity index (χ4n) is 6.08. The molecule has 2 aliphatic heterocycles. The van der Waals surface area contributed by atoms with Crippen molar-refractivity contribution in [3.63, 3.8) is 0 Å². The Labute approximate surface area is 204 Å². The van der Waals surface area contributed by atoms with Gasteiger partial charge in [-0.25, -0.2) is 15.0 Å². The number of aliphatic hydroxyl groups is 1. The predicted molar refractivity (Wildman–Crippen MR) is 134 cm³/mol. The van der Waals surface area contributed by atoms with Gasteiger partial charge in [0.1, 0.15) is 12.4 Å². The van der Waals surface area contributed by atoms with Crippen molar-refractivity contribution in [3.05, 3.63) is 72.3 Å². The Morgan fingerprint density at radius 3 is 2.46 bits per heavy atom. The van der Waals surface area contributed by atoms with Gasteiger partial charge in [-0.3, -0.25) is 0 Å². The zero-order valence-electron chi connectivity index (χ0n) is 19.7. The van der Waals surface area contributed by atoms with Gasteiger partial charge in [0, 0.05) is 31.0 Å². The minimum atomic E-state index is -0.120. The van der Waals surface area contributed by atoms with Crippen LogP contribution in [0.3, 0.4) is 0 Å². The Morgan fingerprint density at radius 2 is 1.74 bits per heavy atom. The molecule has 1 unspecified atom stereocenters. The molecule has 1 N–H and O–H groups in total. The summed E-state index contributed by atoms with van der Waals surface area (Å²) in [5.74, 6) is 1.74. The Morgan fingerprint density at radius 1 is 0.943 bits per heavy atom. The molecular formula is C28H29N5O2. The molecule has 1 saturated heterocycles. The molecule has 1 spiro atoms. The number of piperidine rings is 1. The van der Waals surface area contributed by atoms with Gasteiger partial charge in [0.2, 0.25) is 5.95 Å². The van der Waals surface area contributed by atoms with E-state index in [1.54, 1.807) is 0 Å². The molecule has 0 bridgehead atoms. The first kappa shape index (κ1) is 21.0. The number of nitrogens with zero attached hydrogens (tertiary/aromatic N) is 5. The number of ether oxygens (including phenoxy) is 1. The molecule has 0 radical (unpaired) electrons. The lowest BCUT2D eigenvalue weighted by atomic mass is 9.61. The van der Waals surface area contributed by atoms with Crippen molar-refractivity contribution in [1.82, 2.24) is 19.5 Å². The van der Waals surface area contributed by atoms with Crippen molar-refractivity contribution in [2.24, 2.45) is 5.41 Å². The number of anilines is 1. The van der Waals surface area contributed by atoms with Gasteiger partial charge in [-0.1, -0.05) is 36.4 Å². The zero-order valence-corrected chi connectivity index (χ0v) is 19.7. The third-order valence-corrected chi connectivity index (χ3v) is 8.40. The maximum absolute atomic E-state index is 10.2.